The van der Waals surface area contributed by atoms with E-state index in [0.29, 0.717) is 12.1 Å². The molecule has 0 bridgehead atoms. The summed E-state index contributed by atoms with van der Waals surface area (Å²) >= 11 is 5.91. The lowest BCUT2D eigenvalue weighted by atomic mass is 10.1. The van der Waals surface area contributed by atoms with Gasteiger partial charge in [-0.3, -0.25) is 9.78 Å². The van der Waals surface area contributed by atoms with Gasteiger partial charge in [-0.05, 0) is 35.7 Å². The van der Waals surface area contributed by atoms with E-state index in [4.69, 9.17) is 11.6 Å². The van der Waals surface area contributed by atoms with Crippen molar-refractivity contribution in [2.24, 2.45) is 0 Å². The molecule has 1 N–H and O–H groups in total. The molecule has 1 aromatic heterocycles. The fourth-order valence-corrected chi connectivity index (χ4v) is 2.93. The summed E-state index contributed by atoms with van der Waals surface area (Å²) in [5.41, 5.74) is 3.71. The lowest BCUT2D eigenvalue weighted by molar-refractivity contribution is 0.0784. The van der Waals surface area contributed by atoms with Crippen LogP contribution in [0.5, 0.6) is 0 Å². The molecule has 0 fully saturated rings. The Balaban J connectivity index is 1.57. The number of carbonyl (C=O) groups excluding carboxylic acids is 1. The molecule has 3 aromatic rings. The maximum absolute atomic E-state index is 12.7. The largest absolute Gasteiger partial charge is 0.383 e. The molecule has 0 spiro atoms. The first-order valence-electron chi connectivity index (χ1n) is 8.84. The molecule has 1 heterocycles. The number of nitrogens with zero attached hydrogens (tertiary/aromatic N) is 2. The number of anilines is 1. The van der Waals surface area contributed by atoms with Crippen LogP contribution in [-0.4, -0.2) is 29.4 Å². The summed E-state index contributed by atoms with van der Waals surface area (Å²) in [7, 11) is 1.80. The monoisotopic (exact) mass is 379 g/mol. The van der Waals surface area contributed by atoms with E-state index >= 15 is 0 Å². The molecule has 0 radical (unpaired) electrons. The highest BCUT2D eigenvalue weighted by Crippen LogP contribution is 2.13. The standard InChI is InChI=1S/C22H22ClN3O/c1-26(16-18-5-3-2-4-6-18)22(27)19-13-21(15-24-14-19)25-12-11-17-7-9-20(23)10-8-17/h2-10,13-15,25H,11-12,16H2,1H3. The highest BCUT2D eigenvalue weighted by molar-refractivity contribution is 6.30. The zero-order chi connectivity index (χ0) is 19.1. The number of pyridine rings is 1. The topological polar surface area (TPSA) is 45.2 Å². The number of halogens is 1. The average Bonchev–Trinajstić information content (AvgIpc) is 2.70. The van der Waals surface area contributed by atoms with Gasteiger partial charge in [-0.2, -0.15) is 0 Å². The number of rotatable bonds is 7. The van der Waals surface area contributed by atoms with Crippen molar-refractivity contribution in [3.63, 3.8) is 0 Å². The Morgan fingerprint density at radius 1 is 1.04 bits per heavy atom. The number of amides is 1. The molecule has 0 aliphatic heterocycles. The van der Waals surface area contributed by atoms with E-state index in [9.17, 15) is 4.79 Å². The van der Waals surface area contributed by atoms with Crippen LogP contribution in [0.1, 0.15) is 21.5 Å². The Morgan fingerprint density at radius 2 is 1.78 bits per heavy atom. The van der Waals surface area contributed by atoms with Crippen LogP contribution in [0.3, 0.4) is 0 Å². The predicted octanol–water partition coefficient (Wildman–Crippen LogP) is 4.66. The van der Waals surface area contributed by atoms with Gasteiger partial charge in [0.25, 0.3) is 5.91 Å². The molecule has 2 aromatic carbocycles. The Bertz CT molecular complexity index is 882. The Morgan fingerprint density at radius 3 is 2.52 bits per heavy atom. The van der Waals surface area contributed by atoms with Gasteiger partial charge >= 0.3 is 0 Å². The molecule has 4 nitrogen and oxygen atoms in total. The van der Waals surface area contributed by atoms with Crippen LogP contribution in [0.2, 0.25) is 5.02 Å². The second-order valence-electron chi connectivity index (χ2n) is 6.41. The van der Waals surface area contributed by atoms with Gasteiger partial charge in [-0.1, -0.05) is 54.1 Å². The van der Waals surface area contributed by atoms with Crippen LogP contribution in [0.4, 0.5) is 5.69 Å². The minimum Gasteiger partial charge on any atom is -0.383 e. The van der Waals surface area contributed by atoms with Crippen molar-refractivity contribution in [3.05, 3.63) is 94.8 Å². The fourth-order valence-electron chi connectivity index (χ4n) is 2.81. The van der Waals surface area contributed by atoms with E-state index in [0.717, 1.165) is 29.2 Å². The number of benzene rings is 2. The summed E-state index contributed by atoms with van der Waals surface area (Å²) < 4.78 is 0. The Hall–Kier alpha value is -2.85. The van der Waals surface area contributed by atoms with Crippen molar-refractivity contribution in [1.29, 1.82) is 0 Å². The number of aromatic nitrogens is 1. The summed E-state index contributed by atoms with van der Waals surface area (Å²) in [5, 5.41) is 4.06. The molecule has 0 saturated heterocycles. The lowest BCUT2D eigenvalue weighted by Gasteiger charge is -2.17. The minimum absolute atomic E-state index is 0.0484. The summed E-state index contributed by atoms with van der Waals surface area (Å²) in [6.45, 7) is 1.31. The third kappa shape index (κ3) is 5.56. The van der Waals surface area contributed by atoms with Gasteiger partial charge in [-0.15, -0.1) is 0 Å². The molecule has 3 rings (SSSR count). The first-order valence-corrected chi connectivity index (χ1v) is 9.22. The number of hydrogen-bond acceptors (Lipinski definition) is 3. The van der Waals surface area contributed by atoms with Gasteiger partial charge in [0.05, 0.1) is 11.3 Å². The van der Waals surface area contributed by atoms with Gasteiger partial charge in [0.2, 0.25) is 0 Å². The van der Waals surface area contributed by atoms with Crippen molar-refractivity contribution in [2.75, 3.05) is 18.9 Å². The highest BCUT2D eigenvalue weighted by Gasteiger charge is 2.13. The lowest BCUT2D eigenvalue weighted by Crippen LogP contribution is -2.26. The van der Waals surface area contributed by atoms with Crippen LogP contribution in [-0.2, 0) is 13.0 Å². The second kappa shape index (κ2) is 9.19. The van der Waals surface area contributed by atoms with Gasteiger partial charge in [0.15, 0.2) is 0 Å². The fraction of sp³-hybridized carbons (Fsp3) is 0.182. The van der Waals surface area contributed by atoms with Crippen LogP contribution >= 0.6 is 11.6 Å². The zero-order valence-corrected chi connectivity index (χ0v) is 16.0. The van der Waals surface area contributed by atoms with Crippen LogP contribution in [0, 0.1) is 0 Å². The van der Waals surface area contributed by atoms with Gasteiger partial charge in [-0.25, -0.2) is 0 Å². The van der Waals surface area contributed by atoms with Crippen molar-refractivity contribution >= 4 is 23.2 Å². The third-order valence-electron chi connectivity index (χ3n) is 4.25. The van der Waals surface area contributed by atoms with E-state index < -0.39 is 0 Å². The first kappa shape index (κ1) is 18.9. The number of nitrogens with one attached hydrogen (secondary N) is 1. The van der Waals surface area contributed by atoms with Crippen molar-refractivity contribution < 1.29 is 4.79 Å². The van der Waals surface area contributed by atoms with Crippen molar-refractivity contribution in [1.82, 2.24) is 9.88 Å². The van der Waals surface area contributed by atoms with Gasteiger partial charge in [0, 0.05) is 37.6 Å². The van der Waals surface area contributed by atoms with Gasteiger partial charge in [0.1, 0.15) is 0 Å². The molecule has 0 atom stereocenters. The van der Waals surface area contributed by atoms with E-state index in [2.05, 4.69) is 10.3 Å². The first-order chi connectivity index (χ1) is 13.1. The molecule has 138 valence electrons. The van der Waals surface area contributed by atoms with Gasteiger partial charge < -0.3 is 10.2 Å². The molecular weight excluding hydrogens is 358 g/mol. The maximum Gasteiger partial charge on any atom is 0.255 e. The van der Waals surface area contributed by atoms with E-state index in [1.807, 2.05) is 60.7 Å². The molecule has 5 heteroatoms. The molecule has 0 saturated carbocycles. The summed E-state index contributed by atoms with van der Waals surface area (Å²) in [5.74, 6) is -0.0484. The second-order valence-corrected chi connectivity index (χ2v) is 6.85. The summed E-state index contributed by atoms with van der Waals surface area (Å²) in [6, 6.07) is 19.6. The van der Waals surface area contributed by atoms with Crippen molar-refractivity contribution in [3.8, 4) is 0 Å². The summed E-state index contributed by atoms with van der Waals surface area (Å²) in [4.78, 5) is 18.6. The van der Waals surface area contributed by atoms with Crippen molar-refractivity contribution in [2.45, 2.75) is 13.0 Å². The molecule has 1 amide bonds. The summed E-state index contributed by atoms with van der Waals surface area (Å²) in [6.07, 6.45) is 4.20. The van der Waals surface area contributed by atoms with E-state index in [1.54, 1.807) is 24.3 Å². The van der Waals surface area contributed by atoms with Crippen LogP contribution < -0.4 is 5.32 Å². The SMILES string of the molecule is CN(Cc1ccccc1)C(=O)c1cncc(NCCc2ccc(Cl)cc2)c1. The quantitative estimate of drug-likeness (QED) is 0.649. The molecule has 0 aliphatic rings. The molecular formula is C22H22ClN3O. The Labute approximate surface area is 164 Å². The zero-order valence-electron chi connectivity index (χ0n) is 15.2. The highest BCUT2D eigenvalue weighted by atomic mass is 35.5. The number of hydrogen-bond donors (Lipinski definition) is 1. The van der Waals surface area contributed by atoms with Crippen LogP contribution in [0.25, 0.3) is 0 Å². The molecule has 27 heavy (non-hydrogen) atoms. The average molecular weight is 380 g/mol. The normalized spacial score (nSPS) is 10.4. The molecule has 0 aliphatic carbocycles. The predicted molar refractivity (Wildman–Crippen MR) is 110 cm³/mol. The minimum atomic E-state index is -0.0484. The maximum atomic E-state index is 12.7. The van der Waals surface area contributed by atoms with E-state index in [1.165, 1.54) is 5.56 Å². The molecule has 0 unspecified atom stereocenters. The van der Waals surface area contributed by atoms with E-state index in [-0.39, 0.29) is 5.91 Å². The third-order valence-corrected chi connectivity index (χ3v) is 4.50. The number of carbonyl (C=O) groups is 1. The smallest absolute Gasteiger partial charge is 0.255 e. The Kier molecular flexibility index (Phi) is 6.44. The van der Waals surface area contributed by atoms with Crippen LogP contribution in [0.15, 0.2) is 73.1 Å².